The van der Waals surface area contributed by atoms with E-state index in [2.05, 4.69) is 4.98 Å². The highest BCUT2D eigenvalue weighted by molar-refractivity contribution is 7.15. The number of carbonyl (C=O) groups excluding carboxylic acids is 1. The van der Waals surface area contributed by atoms with Gasteiger partial charge in [0.25, 0.3) is 0 Å². The van der Waals surface area contributed by atoms with Crippen molar-refractivity contribution in [3.8, 4) is 0 Å². The molecule has 2 saturated carbocycles. The number of ether oxygens (including phenoxy) is 1. The second kappa shape index (κ2) is 4.72. The number of esters is 1. The largest absolute Gasteiger partial charge is 0.455 e. The molecule has 20 heavy (non-hydrogen) atoms. The van der Waals surface area contributed by atoms with Gasteiger partial charge in [-0.05, 0) is 57.8 Å². The van der Waals surface area contributed by atoms with E-state index in [0.29, 0.717) is 22.7 Å². The molecule has 1 heterocycles. The van der Waals surface area contributed by atoms with Gasteiger partial charge in [0.1, 0.15) is 5.60 Å². The van der Waals surface area contributed by atoms with Crippen molar-refractivity contribution >= 4 is 22.4 Å². The third-order valence-corrected chi connectivity index (χ3v) is 5.35. The minimum Gasteiger partial charge on any atom is -0.455 e. The number of thiazole rings is 1. The summed E-state index contributed by atoms with van der Waals surface area (Å²) < 4.78 is 5.47. The van der Waals surface area contributed by atoms with Gasteiger partial charge < -0.3 is 10.5 Å². The Morgan fingerprint density at radius 3 is 2.65 bits per heavy atom. The molecule has 110 valence electrons. The third-order valence-electron chi connectivity index (χ3n) is 4.34. The highest BCUT2D eigenvalue weighted by Gasteiger charge is 2.43. The smallest absolute Gasteiger partial charge is 0.358 e. The van der Waals surface area contributed by atoms with Crippen molar-refractivity contribution in [1.82, 2.24) is 4.98 Å². The first-order chi connectivity index (χ1) is 9.33. The van der Waals surface area contributed by atoms with Gasteiger partial charge in [-0.1, -0.05) is 6.42 Å². The van der Waals surface area contributed by atoms with Crippen LogP contribution >= 0.6 is 11.3 Å². The van der Waals surface area contributed by atoms with Crippen LogP contribution in [-0.2, 0) is 4.74 Å². The standard InChI is InChI=1S/C15H22N2O2S/c1-15(2,3)19-13(18)11-12(20-14(16)17-11)10-7-8-4-5-9(10)6-8/h8-10H,4-7H2,1-3H3,(H2,16,17). The highest BCUT2D eigenvalue weighted by Crippen LogP contribution is 2.54. The zero-order valence-corrected chi connectivity index (χ0v) is 13.1. The Labute approximate surface area is 123 Å². The van der Waals surface area contributed by atoms with E-state index in [1.807, 2.05) is 20.8 Å². The molecule has 3 rings (SSSR count). The second-order valence-corrected chi connectivity index (χ2v) is 8.11. The summed E-state index contributed by atoms with van der Waals surface area (Å²) >= 11 is 1.47. The van der Waals surface area contributed by atoms with E-state index >= 15 is 0 Å². The maximum Gasteiger partial charge on any atom is 0.358 e. The van der Waals surface area contributed by atoms with Crippen molar-refractivity contribution in [2.45, 2.75) is 58.0 Å². The van der Waals surface area contributed by atoms with Crippen molar-refractivity contribution in [2.24, 2.45) is 11.8 Å². The molecule has 0 aromatic carbocycles. The van der Waals surface area contributed by atoms with Crippen LogP contribution in [0.4, 0.5) is 5.13 Å². The normalized spacial score (nSPS) is 28.9. The lowest BCUT2D eigenvalue weighted by molar-refractivity contribution is 0.00618. The Kier molecular flexibility index (Phi) is 3.27. The van der Waals surface area contributed by atoms with E-state index in [1.54, 1.807) is 0 Å². The van der Waals surface area contributed by atoms with Crippen LogP contribution in [0, 0.1) is 11.8 Å². The molecule has 1 aromatic rings. The number of hydrogen-bond acceptors (Lipinski definition) is 5. The van der Waals surface area contributed by atoms with Gasteiger partial charge in [-0.25, -0.2) is 9.78 Å². The van der Waals surface area contributed by atoms with Crippen LogP contribution in [0.15, 0.2) is 0 Å². The number of nitrogen functional groups attached to an aromatic ring is 1. The lowest BCUT2D eigenvalue weighted by Gasteiger charge is -2.22. The summed E-state index contributed by atoms with van der Waals surface area (Å²) in [6.07, 6.45) is 5.11. The van der Waals surface area contributed by atoms with Crippen LogP contribution in [-0.4, -0.2) is 16.6 Å². The summed E-state index contributed by atoms with van der Waals surface area (Å²) in [7, 11) is 0. The molecule has 3 atom stereocenters. The van der Waals surface area contributed by atoms with Gasteiger partial charge in [0.15, 0.2) is 10.8 Å². The molecular formula is C15H22N2O2S. The number of aromatic nitrogens is 1. The Balaban J connectivity index is 1.87. The Morgan fingerprint density at radius 2 is 2.10 bits per heavy atom. The highest BCUT2D eigenvalue weighted by atomic mass is 32.1. The molecule has 5 heteroatoms. The molecule has 0 spiro atoms. The number of fused-ring (bicyclic) bond motifs is 2. The average Bonchev–Trinajstić information content (AvgIpc) is 2.99. The fourth-order valence-electron chi connectivity index (χ4n) is 3.64. The Morgan fingerprint density at radius 1 is 1.35 bits per heavy atom. The fourth-order valence-corrected chi connectivity index (χ4v) is 4.67. The van der Waals surface area contributed by atoms with Crippen LogP contribution in [0.25, 0.3) is 0 Å². The number of carbonyl (C=O) groups is 1. The number of hydrogen-bond donors (Lipinski definition) is 1. The molecule has 2 N–H and O–H groups in total. The van der Waals surface area contributed by atoms with Crippen LogP contribution < -0.4 is 5.73 Å². The van der Waals surface area contributed by atoms with Gasteiger partial charge in [0.05, 0.1) is 0 Å². The molecule has 0 saturated heterocycles. The molecule has 2 aliphatic carbocycles. The van der Waals surface area contributed by atoms with E-state index in [0.717, 1.165) is 10.8 Å². The van der Waals surface area contributed by atoms with Crippen molar-refractivity contribution in [3.63, 3.8) is 0 Å². The van der Waals surface area contributed by atoms with E-state index in [4.69, 9.17) is 10.5 Å². The van der Waals surface area contributed by atoms with Gasteiger partial charge in [0, 0.05) is 4.88 Å². The van der Waals surface area contributed by atoms with Gasteiger partial charge in [0.2, 0.25) is 0 Å². The second-order valence-electron chi connectivity index (χ2n) is 7.05. The molecule has 0 aliphatic heterocycles. The summed E-state index contributed by atoms with van der Waals surface area (Å²) in [6, 6.07) is 0. The van der Waals surface area contributed by atoms with Crippen LogP contribution in [0.5, 0.6) is 0 Å². The predicted molar refractivity (Wildman–Crippen MR) is 79.9 cm³/mol. The first-order valence-corrected chi connectivity index (χ1v) is 8.14. The molecule has 2 aliphatic rings. The quantitative estimate of drug-likeness (QED) is 0.847. The summed E-state index contributed by atoms with van der Waals surface area (Å²) in [5.41, 5.74) is 5.81. The number of nitrogens with zero attached hydrogens (tertiary/aromatic N) is 1. The predicted octanol–water partition coefficient (Wildman–Crippen LogP) is 3.58. The van der Waals surface area contributed by atoms with Crippen molar-refractivity contribution in [2.75, 3.05) is 5.73 Å². The lowest BCUT2D eigenvalue weighted by atomic mass is 9.87. The summed E-state index contributed by atoms with van der Waals surface area (Å²) in [4.78, 5) is 17.6. The molecular weight excluding hydrogens is 272 g/mol. The summed E-state index contributed by atoms with van der Waals surface area (Å²) in [6.45, 7) is 5.62. The van der Waals surface area contributed by atoms with Crippen molar-refractivity contribution < 1.29 is 9.53 Å². The first-order valence-electron chi connectivity index (χ1n) is 7.33. The van der Waals surface area contributed by atoms with Gasteiger partial charge in [-0.2, -0.15) is 0 Å². The van der Waals surface area contributed by atoms with E-state index in [9.17, 15) is 4.79 Å². The minimum atomic E-state index is -0.499. The molecule has 4 nitrogen and oxygen atoms in total. The molecule has 2 bridgehead atoms. The number of rotatable bonds is 2. The summed E-state index contributed by atoms with van der Waals surface area (Å²) in [5.74, 6) is 1.68. The van der Waals surface area contributed by atoms with Crippen LogP contribution in [0.3, 0.4) is 0 Å². The molecule has 3 unspecified atom stereocenters. The zero-order chi connectivity index (χ0) is 14.5. The minimum absolute atomic E-state index is 0.330. The zero-order valence-electron chi connectivity index (χ0n) is 12.3. The van der Waals surface area contributed by atoms with E-state index in [-0.39, 0.29) is 5.97 Å². The maximum absolute atomic E-state index is 12.3. The Bertz CT molecular complexity index is 532. The molecule has 2 fully saturated rings. The molecule has 1 aromatic heterocycles. The third kappa shape index (κ3) is 2.55. The van der Waals surface area contributed by atoms with Gasteiger partial charge in [-0.15, -0.1) is 11.3 Å². The molecule has 0 amide bonds. The SMILES string of the molecule is CC(C)(C)OC(=O)c1nc(N)sc1C1CC2CCC1C2. The summed E-state index contributed by atoms with van der Waals surface area (Å²) in [5, 5.41) is 0.476. The monoisotopic (exact) mass is 294 g/mol. The van der Waals surface area contributed by atoms with Gasteiger partial charge in [-0.3, -0.25) is 0 Å². The van der Waals surface area contributed by atoms with Crippen molar-refractivity contribution in [1.29, 1.82) is 0 Å². The van der Waals surface area contributed by atoms with Crippen LogP contribution in [0.2, 0.25) is 0 Å². The molecule has 0 radical (unpaired) electrons. The van der Waals surface area contributed by atoms with Gasteiger partial charge >= 0.3 is 5.97 Å². The number of nitrogens with two attached hydrogens (primary N) is 1. The topological polar surface area (TPSA) is 65.2 Å². The van der Waals surface area contributed by atoms with Crippen molar-refractivity contribution in [3.05, 3.63) is 10.6 Å². The van der Waals surface area contributed by atoms with Crippen LogP contribution in [0.1, 0.15) is 67.7 Å². The maximum atomic E-state index is 12.3. The van der Waals surface area contributed by atoms with E-state index in [1.165, 1.54) is 37.0 Å². The van der Waals surface area contributed by atoms with E-state index < -0.39 is 5.60 Å². The first kappa shape index (κ1) is 13.9. The number of anilines is 1. The average molecular weight is 294 g/mol. The fraction of sp³-hybridized carbons (Fsp3) is 0.733. The lowest BCUT2D eigenvalue weighted by Crippen LogP contribution is -2.25. The Hall–Kier alpha value is -1.10.